The van der Waals surface area contributed by atoms with E-state index in [-0.39, 0.29) is 11.7 Å². The highest BCUT2D eigenvalue weighted by atomic mass is 16.1. The summed E-state index contributed by atoms with van der Waals surface area (Å²) in [5.74, 6) is -0.00405. The van der Waals surface area contributed by atoms with Crippen LogP contribution in [0.3, 0.4) is 0 Å². The van der Waals surface area contributed by atoms with Crippen molar-refractivity contribution in [3.05, 3.63) is 24.3 Å². The Labute approximate surface area is 111 Å². The number of aldehydes is 1. The Balaban J connectivity index is 4.18. The van der Waals surface area contributed by atoms with Crippen LogP contribution in [0.25, 0.3) is 0 Å². The highest BCUT2D eigenvalue weighted by Gasteiger charge is 2.11. The Kier molecular flexibility index (Phi) is 11.5. The molecule has 0 heterocycles. The summed E-state index contributed by atoms with van der Waals surface area (Å²) in [6, 6.07) is 0. The summed E-state index contributed by atoms with van der Waals surface area (Å²) in [6.45, 7) is 4.21. The quantitative estimate of drug-likeness (QED) is 0.238. The van der Waals surface area contributed by atoms with Gasteiger partial charge in [-0.3, -0.25) is 4.79 Å². The number of hydrogen-bond donors (Lipinski definition) is 0. The van der Waals surface area contributed by atoms with Crippen molar-refractivity contribution in [2.45, 2.75) is 58.8 Å². The molecule has 2 heteroatoms. The van der Waals surface area contributed by atoms with Crippen LogP contribution in [0.5, 0.6) is 0 Å². The minimum atomic E-state index is -0.127. The van der Waals surface area contributed by atoms with E-state index in [9.17, 15) is 9.59 Å². The highest BCUT2D eigenvalue weighted by molar-refractivity contribution is 5.93. The van der Waals surface area contributed by atoms with E-state index in [0.717, 1.165) is 25.5 Å². The molecule has 0 aromatic rings. The first kappa shape index (κ1) is 16.8. The third kappa shape index (κ3) is 8.91. The van der Waals surface area contributed by atoms with Crippen molar-refractivity contribution < 1.29 is 9.59 Å². The van der Waals surface area contributed by atoms with Gasteiger partial charge in [-0.1, -0.05) is 44.9 Å². The van der Waals surface area contributed by atoms with Gasteiger partial charge in [0.25, 0.3) is 0 Å². The van der Waals surface area contributed by atoms with Crippen LogP contribution in [0.15, 0.2) is 24.3 Å². The Morgan fingerprint density at radius 1 is 1.11 bits per heavy atom. The van der Waals surface area contributed by atoms with Crippen LogP contribution in [0.1, 0.15) is 58.8 Å². The fourth-order valence-corrected chi connectivity index (χ4v) is 1.72. The van der Waals surface area contributed by atoms with Gasteiger partial charge in [-0.15, -0.1) is 0 Å². The molecule has 1 atom stereocenters. The number of unbranched alkanes of at least 4 members (excludes halogenated alkanes) is 3. The molecule has 0 bridgehead atoms. The predicted molar refractivity (Wildman–Crippen MR) is 76.5 cm³/mol. The summed E-state index contributed by atoms with van der Waals surface area (Å²) in [5.41, 5.74) is 0. The molecule has 0 N–H and O–H groups in total. The summed E-state index contributed by atoms with van der Waals surface area (Å²) < 4.78 is 0. The van der Waals surface area contributed by atoms with E-state index in [1.165, 1.54) is 12.8 Å². The van der Waals surface area contributed by atoms with Gasteiger partial charge in [-0.2, -0.15) is 0 Å². The number of carbonyl (C=O) groups is 2. The molecule has 0 aromatic carbocycles. The van der Waals surface area contributed by atoms with E-state index in [4.69, 9.17) is 0 Å². The SMILES string of the molecule is CCC=CC(CCC=O)C(=O)C=CCCCCC. The van der Waals surface area contributed by atoms with E-state index in [2.05, 4.69) is 6.92 Å². The zero-order valence-corrected chi connectivity index (χ0v) is 11.7. The molecule has 0 aromatic heterocycles. The molecular formula is C16H26O2. The normalized spacial score (nSPS) is 13.2. The van der Waals surface area contributed by atoms with Crippen molar-refractivity contribution in [3.8, 4) is 0 Å². The lowest BCUT2D eigenvalue weighted by molar-refractivity contribution is -0.117. The molecule has 0 saturated carbocycles. The van der Waals surface area contributed by atoms with Crippen LogP contribution in [-0.2, 0) is 9.59 Å². The Morgan fingerprint density at radius 3 is 2.50 bits per heavy atom. The van der Waals surface area contributed by atoms with E-state index >= 15 is 0 Å². The van der Waals surface area contributed by atoms with Crippen molar-refractivity contribution >= 4 is 12.1 Å². The Bertz CT molecular complexity index is 277. The van der Waals surface area contributed by atoms with Crippen molar-refractivity contribution in [1.82, 2.24) is 0 Å². The Morgan fingerprint density at radius 2 is 1.89 bits per heavy atom. The first-order valence-corrected chi connectivity index (χ1v) is 7.06. The molecular weight excluding hydrogens is 224 g/mol. The number of allylic oxidation sites excluding steroid dienone is 4. The molecule has 0 aliphatic heterocycles. The second kappa shape index (κ2) is 12.3. The fourth-order valence-electron chi connectivity index (χ4n) is 1.72. The zero-order valence-electron chi connectivity index (χ0n) is 11.7. The van der Waals surface area contributed by atoms with Gasteiger partial charge in [0, 0.05) is 12.3 Å². The van der Waals surface area contributed by atoms with E-state index in [1.807, 2.05) is 25.2 Å². The van der Waals surface area contributed by atoms with Crippen LogP contribution in [0.4, 0.5) is 0 Å². The lowest BCUT2D eigenvalue weighted by Crippen LogP contribution is -2.09. The fraction of sp³-hybridized carbons (Fsp3) is 0.625. The van der Waals surface area contributed by atoms with Gasteiger partial charge in [0.15, 0.2) is 5.78 Å². The number of hydrogen-bond acceptors (Lipinski definition) is 2. The molecule has 0 rings (SSSR count). The molecule has 1 unspecified atom stereocenters. The molecule has 18 heavy (non-hydrogen) atoms. The van der Waals surface area contributed by atoms with Crippen LogP contribution in [-0.4, -0.2) is 12.1 Å². The van der Waals surface area contributed by atoms with Gasteiger partial charge in [0.05, 0.1) is 0 Å². The lowest BCUT2D eigenvalue weighted by Gasteiger charge is -2.06. The van der Waals surface area contributed by atoms with Gasteiger partial charge in [0.2, 0.25) is 0 Å². The number of carbonyl (C=O) groups excluding carboxylic acids is 2. The van der Waals surface area contributed by atoms with Crippen LogP contribution in [0, 0.1) is 5.92 Å². The van der Waals surface area contributed by atoms with Gasteiger partial charge >= 0.3 is 0 Å². The Hall–Kier alpha value is -1.18. The van der Waals surface area contributed by atoms with Gasteiger partial charge in [0.1, 0.15) is 6.29 Å². The average molecular weight is 250 g/mol. The molecule has 0 spiro atoms. The molecule has 0 aliphatic rings. The largest absolute Gasteiger partial charge is 0.303 e. The summed E-state index contributed by atoms with van der Waals surface area (Å²) in [4.78, 5) is 22.3. The highest BCUT2D eigenvalue weighted by Crippen LogP contribution is 2.11. The minimum Gasteiger partial charge on any atom is -0.303 e. The maximum Gasteiger partial charge on any atom is 0.162 e. The smallest absolute Gasteiger partial charge is 0.162 e. The van der Waals surface area contributed by atoms with Gasteiger partial charge in [-0.25, -0.2) is 0 Å². The van der Waals surface area contributed by atoms with Crippen LogP contribution in [0.2, 0.25) is 0 Å². The summed E-state index contributed by atoms with van der Waals surface area (Å²) >= 11 is 0. The second-order valence-corrected chi connectivity index (χ2v) is 4.49. The third-order valence-corrected chi connectivity index (χ3v) is 2.82. The van der Waals surface area contributed by atoms with E-state index in [1.54, 1.807) is 6.08 Å². The zero-order chi connectivity index (χ0) is 13.6. The number of ketones is 1. The third-order valence-electron chi connectivity index (χ3n) is 2.82. The van der Waals surface area contributed by atoms with Crippen molar-refractivity contribution in [3.63, 3.8) is 0 Å². The van der Waals surface area contributed by atoms with E-state index in [0.29, 0.717) is 12.8 Å². The van der Waals surface area contributed by atoms with Crippen LogP contribution < -0.4 is 0 Å². The lowest BCUT2D eigenvalue weighted by atomic mass is 9.97. The van der Waals surface area contributed by atoms with Crippen molar-refractivity contribution in [2.24, 2.45) is 5.92 Å². The van der Waals surface area contributed by atoms with Gasteiger partial charge in [-0.05, 0) is 31.8 Å². The maximum atomic E-state index is 11.9. The summed E-state index contributed by atoms with van der Waals surface area (Å²) in [6.07, 6.45) is 15.0. The molecule has 0 radical (unpaired) electrons. The second-order valence-electron chi connectivity index (χ2n) is 4.49. The number of rotatable bonds is 11. The molecule has 0 saturated heterocycles. The molecule has 102 valence electrons. The average Bonchev–Trinajstić information content (AvgIpc) is 2.38. The standard InChI is InChI=1S/C16H26O2/c1-3-5-7-8-9-13-16(18)15(11-6-4-2)12-10-14-17/h6,9,11,13-15H,3-5,7-8,10,12H2,1-2H3. The molecule has 2 nitrogen and oxygen atoms in total. The minimum absolute atomic E-state index is 0.123. The van der Waals surface area contributed by atoms with Crippen molar-refractivity contribution in [2.75, 3.05) is 0 Å². The predicted octanol–water partition coefficient (Wildman–Crippen LogP) is 4.25. The molecule has 0 fully saturated rings. The monoisotopic (exact) mass is 250 g/mol. The maximum absolute atomic E-state index is 11.9. The van der Waals surface area contributed by atoms with E-state index < -0.39 is 0 Å². The first-order valence-electron chi connectivity index (χ1n) is 7.06. The molecule has 0 aliphatic carbocycles. The van der Waals surface area contributed by atoms with Crippen molar-refractivity contribution in [1.29, 1.82) is 0 Å². The molecule has 0 amide bonds. The summed E-state index contributed by atoms with van der Waals surface area (Å²) in [5, 5.41) is 0. The van der Waals surface area contributed by atoms with Gasteiger partial charge < -0.3 is 4.79 Å². The first-order chi connectivity index (χ1) is 8.76. The topological polar surface area (TPSA) is 34.1 Å². The van der Waals surface area contributed by atoms with Crippen LogP contribution >= 0.6 is 0 Å². The summed E-state index contributed by atoms with van der Waals surface area (Å²) in [7, 11) is 0.